The summed E-state index contributed by atoms with van der Waals surface area (Å²) in [5, 5.41) is 4.28. The first-order chi connectivity index (χ1) is 14.5. The molecule has 3 aliphatic heterocycles. The molecule has 1 spiro atoms. The van der Waals surface area contributed by atoms with Gasteiger partial charge in [0.05, 0.1) is 17.2 Å². The van der Waals surface area contributed by atoms with E-state index in [4.69, 9.17) is 4.74 Å². The molecular weight excluding hydrogens is 400 g/mol. The molecule has 1 aromatic carbocycles. The molecule has 7 nitrogen and oxygen atoms in total. The SMILES string of the molecule is Cn1nccc1CN1CCCC2(CCCN(S(=O)(=O)c3ccc4c(c3)CCO4)C2)C1. The van der Waals surface area contributed by atoms with Crippen molar-refractivity contribution in [2.24, 2.45) is 12.5 Å². The third-order valence-electron chi connectivity index (χ3n) is 6.97. The minimum Gasteiger partial charge on any atom is -0.493 e. The van der Waals surface area contributed by atoms with E-state index in [1.165, 1.54) is 5.69 Å². The second-order valence-corrected chi connectivity index (χ2v) is 11.0. The van der Waals surface area contributed by atoms with Gasteiger partial charge in [-0.2, -0.15) is 9.40 Å². The summed E-state index contributed by atoms with van der Waals surface area (Å²) in [5.74, 6) is 0.821. The highest BCUT2D eigenvalue weighted by molar-refractivity contribution is 7.89. The fourth-order valence-electron chi connectivity index (χ4n) is 5.40. The molecule has 1 aromatic heterocycles. The topological polar surface area (TPSA) is 67.7 Å². The van der Waals surface area contributed by atoms with Gasteiger partial charge in [0.15, 0.2) is 0 Å². The largest absolute Gasteiger partial charge is 0.493 e. The van der Waals surface area contributed by atoms with Gasteiger partial charge in [-0.25, -0.2) is 8.42 Å². The number of hydrogen-bond acceptors (Lipinski definition) is 5. The van der Waals surface area contributed by atoms with Crippen molar-refractivity contribution >= 4 is 10.0 Å². The predicted molar refractivity (Wildman–Crippen MR) is 114 cm³/mol. The van der Waals surface area contributed by atoms with Gasteiger partial charge in [0.1, 0.15) is 5.75 Å². The van der Waals surface area contributed by atoms with Gasteiger partial charge < -0.3 is 4.74 Å². The maximum atomic E-state index is 13.5. The molecule has 0 bridgehead atoms. The summed E-state index contributed by atoms with van der Waals surface area (Å²) in [6.07, 6.45) is 6.85. The second kappa shape index (κ2) is 7.66. The number of piperidine rings is 2. The minimum absolute atomic E-state index is 0.0437. The lowest BCUT2D eigenvalue weighted by Crippen LogP contribution is -2.53. The molecule has 4 heterocycles. The average molecular weight is 431 g/mol. The van der Waals surface area contributed by atoms with E-state index in [9.17, 15) is 8.42 Å². The van der Waals surface area contributed by atoms with E-state index in [2.05, 4.69) is 16.1 Å². The van der Waals surface area contributed by atoms with E-state index in [0.29, 0.717) is 24.6 Å². The van der Waals surface area contributed by atoms with E-state index < -0.39 is 10.0 Å². The monoisotopic (exact) mass is 430 g/mol. The molecule has 2 saturated heterocycles. The van der Waals surface area contributed by atoms with Crippen LogP contribution in [0.2, 0.25) is 0 Å². The van der Waals surface area contributed by atoms with Crippen LogP contribution in [0, 0.1) is 5.41 Å². The second-order valence-electron chi connectivity index (χ2n) is 9.07. The van der Waals surface area contributed by atoms with Crippen LogP contribution >= 0.6 is 0 Å². The quantitative estimate of drug-likeness (QED) is 0.745. The molecule has 8 heteroatoms. The Labute approximate surface area is 178 Å². The van der Waals surface area contributed by atoms with E-state index in [1.54, 1.807) is 10.4 Å². The standard InChI is InChI=1S/C22H30N4O3S/c1-24-19(6-10-23-24)15-25-11-2-8-22(16-25)9-3-12-26(17-22)30(27,28)20-4-5-21-18(14-20)7-13-29-21/h4-6,10,14H,2-3,7-9,11-13,15-17H2,1H3. The molecule has 0 saturated carbocycles. The number of benzene rings is 1. The molecule has 0 aliphatic carbocycles. The Morgan fingerprint density at radius 2 is 1.97 bits per heavy atom. The number of aryl methyl sites for hydroxylation is 1. The third-order valence-corrected chi connectivity index (χ3v) is 8.81. The Balaban J connectivity index is 1.34. The summed E-state index contributed by atoms with van der Waals surface area (Å²) in [6.45, 7) is 4.74. The van der Waals surface area contributed by atoms with Crippen LogP contribution in [-0.2, 0) is 30.0 Å². The number of rotatable bonds is 4. The van der Waals surface area contributed by atoms with Crippen molar-refractivity contribution in [1.29, 1.82) is 0 Å². The number of ether oxygens (including phenoxy) is 1. The molecule has 0 N–H and O–H groups in total. The van der Waals surface area contributed by atoms with Gasteiger partial charge in [-0.15, -0.1) is 0 Å². The van der Waals surface area contributed by atoms with E-state index in [-0.39, 0.29) is 5.41 Å². The van der Waals surface area contributed by atoms with Crippen LogP contribution in [-0.4, -0.2) is 60.2 Å². The number of hydrogen-bond donors (Lipinski definition) is 0. The van der Waals surface area contributed by atoms with Crippen LogP contribution in [0.3, 0.4) is 0 Å². The molecule has 5 rings (SSSR count). The fraction of sp³-hybridized carbons (Fsp3) is 0.591. The normalized spacial score (nSPS) is 25.4. The Morgan fingerprint density at radius 1 is 1.13 bits per heavy atom. The highest BCUT2D eigenvalue weighted by Gasteiger charge is 2.42. The molecule has 2 aromatic rings. The van der Waals surface area contributed by atoms with Gasteiger partial charge in [0, 0.05) is 45.8 Å². The summed E-state index contributed by atoms with van der Waals surface area (Å²) in [7, 11) is -1.51. The third kappa shape index (κ3) is 3.65. The summed E-state index contributed by atoms with van der Waals surface area (Å²) in [5.41, 5.74) is 2.25. The lowest BCUT2D eigenvalue weighted by atomic mass is 9.74. The first-order valence-corrected chi connectivity index (χ1v) is 12.3. The average Bonchev–Trinajstić information content (AvgIpc) is 3.36. The molecule has 162 valence electrons. The number of nitrogens with zero attached hydrogens (tertiary/aromatic N) is 4. The van der Waals surface area contributed by atoms with E-state index >= 15 is 0 Å². The number of fused-ring (bicyclic) bond motifs is 1. The van der Waals surface area contributed by atoms with Crippen LogP contribution in [0.4, 0.5) is 0 Å². The van der Waals surface area contributed by atoms with Crippen LogP contribution in [0.15, 0.2) is 35.4 Å². The zero-order chi connectivity index (χ0) is 20.8. The molecule has 0 amide bonds. The minimum atomic E-state index is -3.49. The Bertz CT molecular complexity index is 1030. The van der Waals surface area contributed by atoms with Gasteiger partial charge in [-0.3, -0.25) is 9.58 Å². The Hall–Kier alpha value is -1.90. The molecule has 1 unspecified atom stereocenters. The summed E-state index contributed by atoms with van der Waals surface area (Å²) < 4.78 is 36.1. The van der Waals surface area contributed by atoms with Crippen LogP contribution < -0.4 is 4.74 Å². The summed E-state index contributed by atoms with van der Waals surface area (Å²) in [4.78, 5) is 2.88. The lowest BCUT2D eigenvalue weighted by molar-refractivity contribution is 0.0351. The van der Waals surface area contributed by atoms with Gasteiger partial charge >= 0.3 is 0 Å². The van der Waals surface area contributed by atoms with Crippen molar-refractivity contribution in [3.05, 3.63) is 41.7 Å². The van der Waals surface area contributed by atoms with E-state index in [0.717, 1.165) is 63.1 Å². The van der Waals surface area contributed by atoms with Crippen molar-refractivity contribution in [3.63, 3.8) is 0 Å². The van der Waals surface area contributed by atoms with Gasteiger partial charge in [-0.05, 0) is 67.5 Å². The number of likely N-dealkylation sites (tertiary alicyclic amines) is 1. The Morgan fingerprint density at radius 3 is 2.77 bits per heavy atom. The molecule has 30 heavy (non-hydrogen) atoms. The zero-order valence-electron chi connectivity index (χ0n) is 17.6. The molecule has 2 fully saturated rings. The summed E-state index contributed by atoms with van der Waals surface area (Å²) >= 11 is 0. The Kier molecular flexibility index (Phi) is 5.11. The van der Waals surface area contributed by atoms with Crippen molar-refractivity contribution in [2.75, 3.05) is 32.8 Å². The first kappa shape index (κ1) is 20.0. The van der Waals surface area contributed by atoms with Crippen LogP contribution in [0.25, 0.3) is 0 Å². The highest BCUT2D eigenvalue weighted by Crippen LogP contribution is 2.41. The number of sulfonamides is 1. The van der Waals surface area contributed by atoms with Crippen LogP contribution in [0.1, 0.15) is 36.9 Å². The maximum Gasteiger partial charge on any atom is 0.243 e. The van der Waals surface area contributed by atoms with Crippen molar-refractivity contribution in [2.45, 2.75) is 43.5 Å². The lowest BCUT2D eigenvalue weighted by Gasteiger charge is -2.48. The first-order valence-electron chi connectivity index (χ1n) is 10.9. The zero-order valence-corrected chi connectivity index (χ0v) is 18.4. The van der Waals surface area contributed by atoms with Gasteiger partial charge in [0.2, 0.25) is 10.0 Å². The van der Waals surface area contributed by atoms with E-state index in [1.807, 2.05) is 30.1 Å². The highest BCUT2D eigenvalue weighted by atomic mass is 32.2. The van der Waals surface area contributed by atoms with Crippen molar-refractivity contribution < 1.29 is 13.2 Å². The van der Waals surface area contributed by atoms with Gasteiger partial charge in [0.25, 0.3) is 0 Å². The molecule has 1 atom stereocenters. The van der Waals surface area contributed by atoms with Crippen LogP contribution in [0.5, 0.6) is 5.75 Å². The smallest absolute Gasteiger partial charge is 0.243 e. The molecular formula is C22H30N4O3S. The van der Waals surface area contributed by atoms with Crippen molar-refractivity contribution in [3.8, 4) is 5.75 Å². The summed E-state index contributed by atoms with van der Waals surface area (Å²) in [6, 6.07) is 7.40. The predicted octanol–water partition coefficient (Wildman–Crippen LogP) is 2.42. The fourth-order valence-corrected chi connectivity index (χ4v) is 7.05. The number of aromatic nitrogens is 2. The molecule has 0 radical (unpaired) electrons. The maximum absolute atomic E-state index is 13.5. The van der Waals surface area contributed by atoms with Gasteiger partial charge in [-0.1, -0.05) is 0 Å². The van der Waals surface area contributed by atoms with Crippen molar-refractivity contribution in [1.82, 2.24) is 19.0 Å². The molecule has 3 aliphatic rings.